The first-order valence-corrected chi connectivity index (χ1v) is 9.40. The Morgan fingerprint density at radius 3 is 2.90 bits per heavy atom. The number of hydrogen-bond acceptors (Lipinski definition) is 4. The van der Waals surface area contributed by atoms with Gasteiger partial charge in [-0.1, -0.05) is 19.1 Å². The lowest BCUT2D eigenvalue weighted by Crippen LogP contribution is -2.20. The van der Waals surface area contributed by atoms with Gasteiger partial charge in [-0.3, -0.25) is 4.21 Å². The molecule has 0 aromatic carbocycles. The van der Waals surface area contributed by atoms with Gasteiger partial charge in [0.05, 0.1) is 5.56 Å². The Morgan fingerprint density at radius 1 is 1.52 bits per heavy atom. The van der Waals surface area contributed by atoms with Crippen LogP contribution in [0.4, 0.5) is 5.82 Å². The van der Waals surface area contributed by atoms with E-state index in [0.29, 0.717) is 4.99 Å². The van der Waals surface area contributed by atoms with Crippen LogP contribution in [0.15, 0.2) is 6.07 Å². The van der Waals surface area contributed by atoms with Crippen LogP contribution < -0.4 is 11.1 Å². The first kappa shape index (κ1) is 16.4. The number of aromatic nitrogens is 1. The summed E-state index contributed by atoms with van der Waals surface area (Å²) in [5, 5.41) is 3.49. The molecule has 1 aliphatic carbocycles. The molecule has 1 heterocycles. The molecule has 2 unspecified atom stereocenters. The van der Waals surface area contributed by atoms with Gasteiger partial charge in [-0.15, -0.1) is 0 Å². The Balaban J connectivity index is 2.13. The lowest BCUT2D eigenvalue weighted by atomic mass is 9.94. The molecule has 2 atom stereocenters. The van der Waals surface area contributed by atoms with Gasteiger partial charge in [-0.05, 0) is 43.7 Å². The maximum absolute atomic E-state index is 11.4. The molecule has 0 fully saturated rings. The third-order valence-electron chi connectivity index (χ3n) is 3.98. The first-order valence-electron chi connectivity index (χ1n) is 7.37. The highest BCUT2D eigenvalue weighted by Gasteiger charge is 2.16. The van der Waals surface area contributed by atoms with Crippen LogP contribution in [0.3, 0.4) is 0 Å². The van der Waals surface area contributed by atoms with E-state index in [0.717, 1.165) is 42.9 Å². The van der Waals surface area contributed by atoms with E-state index in [1.807, 2.05) is 6.92 Å². The average Bonchev–Trinajstić information content (AvgIpc) is 2.46. The Hall–Kier alpha value is -1.01. The summed E-state index contributed by atoms with van der Waals surface area (Å²) < 4.78 is 11.4. The molecule has 0 radical (unpaired) electrons. The molecule has 2 rings (SSSR count). The molecular weight excluding hydrogens is 302 g/mol. The number of thiocarbonyl (C=S) groups is 1. The zero-order valence-corrected chi connectivity index (χ0v) is 14.3. The van der Waals surface area contributed by atoms with Crippen molar-refractivity contribution in [2.24, 2.45) is 5.73 Å². The summed E-state index contributed by atoms with van der Waals surface area (Å²) in [5.41, 5.74) is 9.10. The Labute approximate surface area is 134 Å². The molecule has 0 spiro atoms. The van der Waals surface area contributed by atoms with E-state index >= 15 is 0 Å². The molecule has 0 saturated carbocycles. The van der Waals surface area contributed by atoms with E-state index in [1.165, 1.54) is 18.4 Å². The second kappa shape index (κ2) is 7.31. The van der Waals surface area contributed by atoms with Gasteiger partial charge in [0.25, 0.3) is 0 Å². The minimum atomic E-state index is -0.795. The summed E-state index contributed by atoms with van der Waals surface area (Å²) in [7, 11) is -0.795. The smallest absolute Gasteiger partial charge is 0.136 e. The van der Waals surface area contributed by atoms with Crippen molar-refractivity contribution in [2.75, 3.05) is 18.1 Å². The molecule has 21 heavy (non-hydrogen) atoms. The third-order valence-corrected chi connectivity index (χ3v) is 5.57. The number of anilines is 1. The van der Waals surface area contributed by atoms with Crippen molar-refractivity contribution in [3.63, 3.8) is 0 Å². The van der Waals surface area contributed by atoms with Gasteiger partial charge in [-0.25, -0.2) is 4.98 Å². The number of rotatable bonds is 6. The van der Waals surface area contributed by atoms with E-state index in [9.17, 15) is 4.21 Å². The minimum absolute atomic E-state index is 0.170. The van der Waals surface area contributed by atoms with Crippen LogP contribution in [0, 0.1) is 0 Å². The highest BCUT2D eigenvalue weighted by Crippen LogP contribution is 2.24. The molecule has 0 aliphatic heterocycles. The Bertz CT molecular complexity index is 560. The van der Waals surface area contributed by atoms with Crippen LogP contribution in [0.2, 0.25) is 0 Å². The number of nitrogens with two attached hydrogens (primary N) is 1. The van der Waals surface area contributed by atoms with Crippen LogP contribution in [0.1, 0.15) is 43.0 Å². The topological polar surface area (TPSA) is 68.0 Å². The molecule has 6 heteroatoms. The summed E-state index contributed by atoms with van der Waals surface area (Å²) in [6, 6.07) is 2.09. The van der Waals surface area contributed by atoms with E-state index in [2.05, 4.69) is 11.4 Å². The summed E-state index contributed by atoms with van der Waals surface area (Å²) in [5.74, 6) is 0.775. The number of fused-ring (bicyclic) bond motifs is 1. The van der Waals surface area contributed by atoms with Crippen molar-refractivity contribution in [3.05, 3.63) is 22.9 Å². The van der Waals surface area contributed by atoms with Crippen molar-refractivity contribution < 1.29 is 4.21 Å². The Morgan fingerprint density at radius 2 is 2.24 bits per heavy atom. The average molecular weight is 326 g/mol. The van der Waals surface area contributed by atoms with E-state index in [4.69, 9.17) is 22.9 Å². The number of nitrogens with zero attached hydrogens (tertiary/aromatic N) is 1. The number of aryl methyl sites for hydroxylation is 2. The predicted octanol–water partition coefficient (Wildman–Crippen LogP) is 2.16. The second-order valence-electron chi connectivity index (χ2n) is 5.59. The third kappa shape index (κ3) is 4.23. The zero-order chi connectivity index (χ0) is 15.4. The second-order valence-corrected chi connectivity index (χ2v) is 7.83. The highest BCUT2D eigenvalue weighted by atomic mass is 32.2. The molecular formula is C15H23N3OS2. The molecule has 116 valence electrons. The fourth-order valence-electron chi connectivity index (χ4n) is 2.52. The number of hydrogen-bond donors (Lipinski definition) is 2. The number of pyridine rings is 1. The fourth-order valence-corrected chi connectivity index (χ4v) is 3.12. The zero-order valence-electron chi connectivity index (χ0n) is 12.6. The van der Waals surface area contributed by atoms with Crippen LogP contribution in [-0.2, 0) is 23.6 Å². The van der Waals surface area contributed by atoms with E-state index in [-0.39, 0.29) is 5.25 Å². The lowest BCUT2D eigenvalue weighted by molar-refractivity contribution is 0.666. The first-order chi connectivity index (χ1) is 9.99. The molecule has 0 saturated heterocycles. The molecule has 0 bridgehead atoms. The molecule has 1 aliphatic rings. The Kier molecular flexibility index (Phi) is 5.70. The fraction of sp³-hybridized carbons (Fsp3) is 0.600. The van der Waals surface area contributed by atoms with Crippen molar-refractivity contribution >= 4 is 33.8 Å². The van der Waals surface area contributed by atoms with Gasteiger partial charge >= 0.3 is 0 Å². The molecule has 1 aromatic rings. The normalized spacial score (nSPS) is 16.9. The van der Waals surface area contributed by atoms with Gasteiger partial charge in [-0.2, -0.15) is 0 Å². The predicted molar refractivity (Wildman–Crippen MR) is 93.4 cm³/mol. The number of nitrogens with one attached hydrogen (secondary N) is 1. The van der Waals surface area contributed by atoms with Gasteiger partial charge in [0.15, 0.2) is 0 Å². The quantitative estimate of drug-likeness (QED) is 0.785. The molecule has 1 aromatic heterocycles. The van der Waals surface area contributed by atoms with Crippen LogP contribution in [0.5, 0.6) is 0 Å². The van der Waals surface area contributed by atoms with Crippen molar-refractivity contribution in [2.45, 2.75) is 44.3 Å². The van der Waals surface area contributed by atoms with Gasteiger partial charge in [0.1, 0.15) is 10.8 Å². The maximum atomic E-state index is 11.4. The van der Waals surface area contributed by atoms with Crippen molar-refractivity contribution in [1.82, 2.24) is 4.98 Å². The monoisotopic (exact) mass is 325 g/mol. The van der Waals surface area contributed by atoms with Gasteiger partial charge in [0, 0.05) is 34.5 Å². The van der Waals surface area contributed by atoms with Crippen LogP contribution >= 0.6 is 12.2 Å². The standard InChI is InChI=1S/C15H23N3OS2/c1-10(21(2)19)7-8-17-15-12(14(16)20)9-11-5-3-4-6-13(11)18-15/h9-10H,3-8H2,1-2H3,(H2,16,20)(H,17,18). The molecule has 3 N–H and O–H groups in total. The summed E-state index contributed by atoms with van der Waals surface area (Å²) >= 11 is 5.15. The maximum Gasteiger partial charge on any atom is 0.136 e. The highest BCUT2D eigenvalue weighted by molar-refractivity contribution is 7.84. The summed E-state index contributed by atoms with van der Waals surface area (Å²) in [6.07, 6.45) is 7.05. The molecule has 4 nitrogen and oxygen atoms in total. The van der Waals surface area contributed by atoms with Crippen LogP contribution in [-0.4, -0.2) is 32.2 Å². The summed E-state index contributed by atoms with van der Waals surface area (Å²) in [4.78, 5) is 5.10. The minimum Gasteiger partial charge on any atom is -0.389 e. The van der Waals surface area contributed by atoms with Crippen molar-refractivity contribution in [1.29, 1.82) is 0 Å². The SMILES string of the molecule is CC(CCNc1nc2c(cc1C(N)=S)CCCC2)S(C)=O. The largest absolute Gasteiger partial charge is 0.389 e. The van der Waals surface area contributed by atoms with E-state index < -0.39 is 10.8 Å². The summed E-state index contributed by atoms with van der Waals surface area (Å²) in [6.45, 7) is 2.72. The molecule has 0 amide bonds. The van der Waals surface area contributed by atoms with Gasteiger partial charge < -0.3 is 11.1 Å². The van der Waals surface area contributed by atoms with Crippen LogP contribution in [0.25, 0.3) is 0 Å². The van der Waals surface area contributed by atoms with Gasteiger partial charge in [0.2, 0.25) is 0 Å². The lowest BCUT2D eigenvalue weighted by Gasteiger charge is -2.19. The van der Waals surface area contributed by atoms with E-state index in [1.54, 1.807) is 6.26 Å². The van der Waals surface area contributed by atoms with Crippen molar-refractivity contribution in [3.8, 4) is 0 Å².